The van der Waals surface area contributed by atoms with E-state index in [1.807, 2.05) is 0 Å². The Labute approximate surface area is 260 Å². The molecule has 0 unspecified atom stereocenters. The van der Waals surface area contributed by atoms with Crippen molar-refractivity contribution in [2.75, 3.05) is 0 Å². The van der Waals surface area contributed by atoms with E-state index in [2.05, 4.69) is 0 Å². The van der Waals surface area contributed by atoms with Gasteiger partial charge in [0.15, 0.2) is 60.1 Å². The van der Waals surface area contributed by atoms with Crippen molar-refractivity contribution in [1.29, 1.82) is 0 Å². The summed E-state index contributed by atoms with van der Waals surface area (Å²) in [6, 6.07) is 0. The fourth-order valence-corrected chi connectivity index (χ4v) is 5.77. The van der Waals surface area contributed by atoms with E-state index < -0.39 is 93.2 Å². The van der Waals surface area contributed by atoms with Crippen molar-refractivity contribution in [2.24, 2.45) is 0 Å². The number of rotatable bonds is 6. The molecule has 46 heavy (non-hydrogen) atoms. The van der Waals surface area contributed by atoms with Gasteiger partial charge in [-0.05, 0) is 0 Å². The van der Waals surface area contributed by atoms with Gasteiger partial charge in [-0.15, -0.1) is 0 Å². The second-order valence-corrected chi connectivity index (χ2v) is 16.0. The molecule has 0 fully saturated rings. The van der Waals surface area contributed by atoms with Gasteiger partial charge in [0.25, 0.3) is 0 Å². The molecule has 276 valence electrons. The average Bonchev–Trinajstić information content (AvgIpc) is 2.61. The van der Waals surface area contributed by atoms with Crippen LogP contribution in [0.2, 0.25) is 0 Å². The predicted octanol–water partition coefficient (Wildman–Crippen LogP) is 3.18. The van der Waals surface area contributed by atoms with Crippen LogP contribution in [-0.2, 0) is 86.0 Å². The second kappa shape index (κ2) is 15.0. The van der Waals surface area contributed by atoms with Crippen LogP contribution in [-0.4, -0.2) is 83.6 Å². The van der Waals surface area contributed by atoms with Crippen LogP contribution in [0.15, 0.2) is 0 Å². The minimum atomic E-state index is -6.72. The number of nitrogens with zero attached hydrogens (tertiary/aromatic N) is 3. The molecule has 0 radical (unpaired) electrons. The Morgan fingerprint density at radius 1 is 0.239 bits per heavy atom. The molecule has 40 heteroatoms. The fraction of sp³-hybridized carbons (Fsp3) is 1.00. The maximum Gasteiger partial charge on any atom is 3.00 e. The van der Waals surface area contributed by atoms with E-state index in [9.17, 15) is 130 Å². The van der Waals surface area contributed by atoms with Crippen LogP contribution in [0.5, 0.6) is 0 Å². The van der Waals surface area contributed by atoms with Crippen LogP contribution in [0.25, 0.3) is 12.4 Å². The smallest absolute Gasteiger partial charge is 0.421 e. The summed E-state index contributed by atoms with van der Waals surface area (Å²) in [4.78, 5) is 0. The number of halogens is 18. The summed E-state index contributed by atoms with van der Waals surface area (Å²) in [6.07, 6.45) is 0. The standard InChI is InChI=1S/3C2F6NO4S2.Sc/c3*3-1(4,5)14(10,11)9-15(12,13)2(6,7)8;/q3*-1;+3. The molecule has 0 aromatic rings. The van der Waals surface area contributed by atoms with Crippen LogP contribution in [0.1, 0.15) is 0 Å². The Kier molecular flexibility index (Phi) is 16.9. The molecule has 0 bridgehead atoms. The minimum absolute atomic E-state index is 0. The first kappa shape index (κ1) is 52.0. The average molecular weight is 885 g/mol. The molecule has 0 amide bonds. The summed E-state index contributed by atoms with van der Waals surface area (Å²) in [5.41, 5.74) is -37.2. The second-order valence-electron chi connectivity index (χ2n) is 5.75. The molecule has 0 aliphatic rings. The monoisotopic (exact) mass is 885 g/mol. The summed E-state index contributed by atoms with van der Waals surface area (Å²) in [5.74, 6) is 0. The van der Waals surface area contributed by atoms with Crippen LogP contribution in [0.4, 0.5) is 79.0 Å². The third-order valence-electron chi connectivity index (χ3n) is 2.34. The molecule has 15 nitrogen and oxygen atoms in total. The summed E-state index contributed by atoms with van der Waals surface area (Å²) < 4.78 is 328. The van der Waals surface area contributed by atoms with Crippen LogP contribution >= 0.6 is 0 Å². The largest absolute Gasteiger partial charge is 3.00 e. The Balaban J connectivity index is -0.000000285. The molecular formula is C6F18N3O12S6Sc. The summed E-state index contributed by atoms with van der Waals surface area (Å²) in [5, 5.41) is 0. The van der Waals surface area contributed by atoms with E-state index in [0.717, 1.165) is 12.4 Å². The van der Waals surface area contributed by atoms with E-state index >= 15 is 0 Å². The van der Waals surface area contributed by atoms with Gasteiger partial charge in [-0.3, -0.25) is 0 Å². The molecule has 0 rings (SSSR count). The van der Waals surface area contributed by atoms with Gasteiger partial charge < -0.3 is 12.4 Å². The van der Waals surface area contributed by atoms with Crippen molar-refractivity contribution in [2.45, 2.75) is 33.0 Å². The third kappa shape index (κ3) is 15.2. The molecule has 0 spiro atoms. The molecule has 0 saturated heterocycles. The Morgan fingerprint density at radius 2 is 0.304 bits per heavy atom. The SMILES string of the molecule is O=S(=O)([N-]S(=O)(=O)C(F)(F)F)C(F)(F)F.O=S(=O)([N-]S(=O)(=O)C(F)(F)F)C(F)(F)F.O=S(=O)([N-]S(=O)(=O)C(F)(F)F)C(F)(F)F.[Sc+3]. The first-order chi connectivity index (χ1) is 18.6. The Morgan fingerprint density at radius 3 is 0.348 bits per heavy atom. The maximum absolute atomic E-state index is 11.4. The van der Waals surface area contributed by atoms with Crippen LogP contribution in [0, 0.1) is 0 Å². The zero-order valence-corrected chi connectivity index (χ0v) is 25.8. The van der Waals surface area contributed by atoms with Gasteiger partial charge in [-0.25, -0.2) is 50.5 Å². The maximum atomic E-state index is 11.4. The molecule has 0 atom stereocenters. The summed E-state index contributed by atoms with van der Waals surface area (Å²) in [7, 11) is -40.3. The number of alkyl halides is 18. The summed E-state index contributed by atoms with van der Waals surface area (Å²) >= 11 is 0. The van der Waals surface area contributed by atoms with Gasteiger partial charge in [-0.2, -0.15) is 79.0 Å². The van der Waals surface area contributed by atoms with Gasteiger partial charge in [0.1, 0.15) is 0 Å². The van der Waals surface area contributed by atoms with Crippen LogP contribution in [0.3, 0.4) is 0 Å². The Hall–Kier alpha value is -0.810. The zero-order chi connectivity index (χ0) is 38.1. The van der Waals surface area contributed by atoms with Crippen molar-refractivity contribution in [1.82, 2.24) is 0 Å². The molecule has 0 aromatic heterocycles. The van der Waals surface area contributed by atoms with Gasteiger partial charge in [-0.1, -0.05) is 0 Å². The molecule has 0 saturated carbocycles. The van der Waals surface area contributed by atoms with Gasteiger partial charge in [0.2, 0.25) is 0 Å². The van der Waals surface area contributed by atoms with E-state index in [1.165, 1.54) is 0 Å². The third-order valence-corrected chi connectivity index (χ3v) is 10.6. The summed E-state index contributed by atoms with van der Waals surface area (Å²) in [6.45, 7) is 0. The van der Waals surface area contributed by atoms with Gasteiger partial charge >= 0.3 is 58.9 Å². The first-order valence-electron chi connectivity index (χ1n) is 7.72. The van der Waals surface area contributed by atoms with E-state index in [4.69, 9.17) is 0 Å². The molecule has 0 aliphatic heterocycles. The van der Waals surface area contributed by atoms with Crippen LogP contribution < -0.4 is 0 Å². The molecule has 0 heterocycles. The van der Waals surface area contributed by atoms with E-state index in [0.29, 0.717) is 0 Å². The molecular weight excluding hydrogens is 885 g/mol. The van der Waals surface area contributed by atoms with Crippen molar-refractivity contribution in [3.8, 4) is 0 Å². The number of hydrogen-bond acceptors (Lipinski definition) is 12. The van der Waals surface area contributed by atoms with Crippen molar-refractivity contribution in [3.63, 3.8) is 0 Å². The molecule has 0 aliphatic carbocycles. The number of sulfonamides is 6. The number of hydrogen-bond donors (Lipinski definition) is 0. The quantitative estimate of drug-likeness (QED) is 0.349. The van der Waals surface area contributed by atoms with Gasteiger partial charge in [0.05, 0.1) is 0 Å². The van der Waals surface area contributed by atoms with Crippen molar-refractivity contribution in [3.05, 3.63) is 12.4 Å². The van der Waals surface area contributed by atoms with Crippen molar-refractivity contribution >= 4 is 60.1 Å². The molecule has 0 aromatic carbocycles. The van der Waals surface area contributed by atoms with Gasteiger partial charge in [0, 0.05) is 0 Å². The topological polar surface area (TPSA) is 247 Å². The first-order valence-corrected chi connectivity index (χ1v) is 16.4. The Bertz CT molecular complexity index is 1370. The fourth-order valence-electron chi connectivity index (χ4n) is 0.641. The predicted molar refractivity (Wildman–Crippen MR) is 99.9 cm³/mol. The van der Waals surface area contributed by atoms with E-state index in [1.54, 1.807) is 0 Å². The minimum Gasteiger partial charge on any atom is -0.421 e. The molecule has 0 N–H and O–H groups in total. The zero-order valence-electron chi connectivity index (χ0n) is 19.1. The normalized spacial score (nSPS) is 15.0. The van der Waals surface area contributed by atoms with Crippen molar-refractivity contribution < 1.29 is 155 Å². The van der Waals surface area contributed by atoms with E-state index in [-0.39, 0.29) is 25.8 Å².